The second kappa shape index (κ2) is 6.88. The van der Waals surface area contributed by atoms with Crippen LogP contribution in [0.4, 0.5) is 10.2 Å². The van der Waals surface area contributed by atoms with Gasteiger partial charge in [-0.25, -0.2) is 9.37 Å². The topological polar surface area (TPSA) is 79.5 Å². The molecular weight excluding hydrogens is 323 g/mol. The summed E-state index contributed by atoms with van der Waals surface area (Å²) in [6.45, 7) is 3.63. The molecule has 25 heavy (non-hydrogen) atoms. The number of hydrogen-bond donors (Lipinski definition) is 1. The lowest BCUT2D eigenvalue weighted by Gasteiger charge is -2.36. The molecule has 2 heterocycles. The lowest BCUT2D eigenvalue weighted by Crippen LogP contribution is -2.49. The first-order chi connectivity index (χ1) is 12.0. The van der Waals surface area contributed by atoms with Crippen molar-refractivity contribution in [2.24, 2.45) is 5.73 Å². The summed E-state index contributed by atoms with van der Waals surface area (Å²) in [5.41, 5.74) is 6.61. The molecule has 7 heteroatoms. The maximum Gasteiger partial charge on any atom is 0.254 e. The van der Waals surface area contributed by atoms with E-state index in [9.17, 15) is 14.0 Å². The van der Waals surface area contributed by atoms with Crippen LogP contribution in [0.25, 0.3) is 0 Å². The molecule has 0 aliphatic carbocycles. The third kappa shape index (κ3) is 3.45. The lowest BCUT2D eigenvalue weighted by atomic mass is 10.1. The number of rotatable bonds is 3. The van der Waals surface area contributed by atoms with E-state index >= 15 is 0 Å². The van der Waals surface area contributed by atoms with Gasteiger partial charge in [-0.15, -0.1) is 0 Å². The predicted octanol–water partition coefficient (Wildman–Crippen LogP) is 1.59. The zero-order chi connectivity index (χ0) is 18.0. The van der Waals surface area contributed by atoms with E-state index in [1.165, 1.54) is 6.07 Å². The number of benzene rings is 1. The molecule has 0 atom stereocenters. The average Bonchev–Trinajstić information content (AvgIpc) is 2.63. The van der Waals surface area contributed by atoms with Gasteiger partial charge in [-0.3, -0.25) is 9.59 Å². The van der Waals surface area contributed by atoms with Gasteiger partial charge < -0.3 is 15.5 Å². The Morgan fingerprint density at radius 1 is 1.16 bits per heavy atom. The Morgan fingerprint density at radius 2 is 1.88 bits per heavy atom. The molecule has 0 bridgehead atoms. The van der Waals surface area contributed by atoms with Gasteiger partial charge in [0.2, 0.25) is 0 Å². The van der Waals surface area contributed by atoms with Crippen LogP contribution >= 0.6 is 0 Å². The highest BCUT2D eigenvalue weighted by Crippen LogP contribution is 2.19. The monoisotopic (exact) mass is 342 g/mol. The Morgan fingerprint density at radius 3 is 2.52 bits per heavy atom. The van der Waals surface area contributed by atoms with Gasteiger partial charge >= 0.3 is 0 Å². The van der Waals surface area contributed by atoms with E-state index in [0.717, 1.165) is 0 Å². The number of aromatic nitrogens is 1. The first-order valence-corrected chi connectivity index (χ1v) is 8.02. The summed E-state index contributed by atoms with van der Waals surface area (Å²) in [5.74, 6) is -0.584. The van der Waals surface area contributed by atoms with Gasteiger partial charge in [0.15, 0.2) is 0 Å². The molecule has 130 valence electrons. The van der Waals surface area contributed by atoms with Crippen LogP contribution in [0, 0.1) is 12.7 Å². The minimum Gasteiger partial charge on any atom is -0.365 e. The molecule has 1 saturated heterocycles. The third-order valence-electron chi connectivity index (χ3n) is 4.34. The Labute approximate surface area is 145 Å². The lowest BCUT2D eigenvalue weighted by molar-refractivity contribution is 0.0745. The van der Waals surface area contributed by atoms with E-state index < -0.39 is 5.91 Å². The summed E-state index contributed by atoms with van der Waals surface area (Å²) >= 11 is 0. The van der Waals surface area contributed by atoms with Crippen molar-refractivity contribution < 1.29 is 14.0 Å². The van der Waals surface area contributed by atoms with E-state index in [2.05, 4.69) is 4.98 Å². The minimum atomic E-state index is -0.531. The van der Waals surface area contributed by atoms with Crippen molar-refractivity contribution in [3.05, 3.63) is 59.0 Å². The standard InChI is InChI=1S/C18H19FN4O2/c1-12-4-5-13(11-15(12)19)18(25)23-9-7-22(8-10-23)17-14(16(20)24)3-2-6-21-17/h2-6,11H,7-10H2,1H3,(H2,20,24). The summed E-state index contributed by atoms with van der Waals surface area (Å²) < 4.78 is 13.7. The average molecular weight is 342 g/mol. The number of aryl methyl sites for hydroxylation is 1. The first-order valence-electron chi connectivity index (χ1n) is 8.02. The molecule has 1 aliphatic rings. The molecule has 1 aromatic heterocycles. The summed E-state index contributed by atoms with van der Waals surface area (Å²) in [5, 5.41) is 0. The number of carbonyl (C=O) groups excluding carboxylic acids is 2. The van der Waals surface area contributed by atoms with E-state index in [4.69, 9.17) is 5.73 Å². The minimum absolute atomic E-state index is 0.199. The number of nitrogens with two attached hydrogens (primary N) is 1. The predicted molar refractivity (Wildman–Crippen MR) is 92.0 cm³/mol. The fourth-order valence-corrected chi connectivity index (χ4v) is 2.87. The number of hydrogen-bond acceptors (Lipinski definition) is 4. The van der Waals surface area contributed by atoms with Crippen molar-refractivity contribution in [3.8, 4) is 0 Å². The number of piperazine rings is 1. The van der Waals surface area contributed by atoms with Gasteiger partial charge in [0, 0.05) is 37.9 Å². The molecule has 2 aromatic rings. The highest BCUT2D eigenvalue weighted by molar-refractivity contribution is 5.98. The quantitative estimate of drug-likeness (QED) is 0.919. The van der Waals surface area contributed by atoms with Crippen molar-refractivity contribution >= 4 is 17.6 Å². The molecule has 2 amide bonds. The SMILES string of the molecule is Cc1ccc(C(=O)N2CCN(c3ncccc3C(N)=O)CC2)cc1F. The van der Waals surface area contributed by atoms with Crippen LogP contribution in [0.1, 0.15) is 26.3 Å². The Hall–Kier alpha value is -2.96. The van der Waals surface area contributed by atoms with Crippen LogP contribution in [0.2, 0.25) is 0 Å². The van der Waals surface area contributed by atoms with E-state index in [1.807, 2.05) is 4.90 Å². The van der Waals surface area contributed by atoms with Crippen LogP contribution < -0.4 is 10.6 Å². The van der Waals surface area contributed by atoms with Crippen molar-refractivity contribution in [1.82, 2.24) is 9.88 Å². The third-order valence-corrected chi connectivity index (χ3v) is 4.34. The molecule has 0 unspecified atom stereocenters. The summed E-state index contributed by atoms with van der Waals surface area (Å²) in [4.78, 5) is 31.9. The first kappa shape index (κ1) is 16.9. The Bertz CT molecular complexity index is 816. The number of halogens is 1. The fourth-order valence-electron chi connectivity index (χ4n) is 2.87. The van der Waals surface area contributed by atoms with Crippen LogP contribution in [0.3, 0.4) is 0 Å². The van der Waals surface area contributed by atoms with Gasteiger partial charge in [0.25, 0.3) is 11.8 Å². The molecular formula is C18H19FN4O2. The Balaban J connectivity index is 1.71. The fraction of sp³-hybridized carbons (Fsp3) is 0.278. The number of nitrogens with zero attached hydrogens (tertiary/aromatic N) is 3. The van der Waals surface area contributed by atoms with E-state index in [0.29, 0.717) is 48.7 Å². The van der Waals surface area contributed by atoms with Crippen molar-refractivity contribution in [2.45, 2.75) is 6.92 Å². The molecule has 0 spiro atoms. The van der Waals surface area contributed by atoms with E-state index in [1.54, 1.807) is 42.3 Å². The molecule has 6 nitrogen and oxygen atoms in total. The number of primary amides is 1. The zero-order valence-corrected chi connectivity index (χ0v) is 13.9. The number of pyridine rings is 1. The summed E-state index contributed by atoms with van der Waals surface area (Å²) in [6.07, 6.45) is 1.61. The largest absolute Gasteiger partial charge is 0.365 e. The number of carbonyl (C=O) groups is 2. The number of anilines is 1. The van der Waals surface area contributed by atoms with Crippen LogP contribution in [-0.4, -0.2) is 47.9 Å². The van der Waals surface area contributed by atoms with Gasteiger partial charge in [0.1, 0.15) is 11.6 Å². The molecule has 0 radical (unpaired) electrons. The highest BCUT2D eigenvalue weighted by atomic mass is 19.1. The highest BCUT2D eigenvalue weighted by Gasteiger charge is 2.25. The van der Waals surface area contributed by atoms with Crippen molar-refractivity contribution in [1.29, 1.82) is 0 Å². The maximum atomic E-state index is 13.7. The molecule has 1 fully saturated rings. The van der Waals surface area contributed by atoms with Gasteiger partial charge in [-0.1, -0.05) is 6.07 Å². The summed E-state index contributed by atoms with van der Waals surface area (Å²) in [6, 6.07) is 7.81. The summed E-state index contributed by atoms with van der Waals surface area (Å²) in [7, 11) is 0. The smallest absolute Gasteiger partial charge is 0.254 e. The normalized spacial score (nSPS) is 14.5. The molecule has 2 N–H and O–H groups in total. The van der Waals surface area contributed by atoms with Crippen LogP contribution in [-0.2, 0) is 0 Å². The van der Waals surface area contributed by atoms with Crippen LogP contribution in [0.5, 0.6) is 0 Å². The molecule has 3 rings (SSSR count). The van der Waals surface area contributed by atoms with Crippen molar-refractivity contribution in [3.63, 3.8) is 0 Å². The second-order valence-corrected chi connectivity index (χ2v) is 5.98. The van der Waals surface area contributed by atoms with Crippen molar-refractivity contribution in [2.75, 3.05) is 31.1 Å². The molecule has 1 aliphatic heterocycles. The van der Waals surface area contributed by atoms with Gasteiger partial charge in [0.05, 0.1) is 5.56 Å². The number of amides is 2. The molecule has 0 saturated carbocycles. The molecule has 1 aromatic carbocycles. The van der Waals surface area contributed by atoms with Gasteiger partial charge in [-0.2, -0.15) is 0 Å². The maximum absolute atomic E-state index is 13.7. The zero-order valence-electron chi connectivity index (χ0n) is 13.9. The Kier molecular flexibility index (Phi) is 4.65. The van der Waals surface area contributed by atoms with E-state index in [-0.39, 0.29) is 11.7 Å². The van der Waals surface area contributed by atoms with Crippen LogP contribution in [0.15, 0.2) is 36.5 Å². The van der Waals surface area contributed by atoms with Gasteiger partial charge in [-0.05, 0) is 36.8 Å². The second-order valence-electron chi connectivity index (χ2n) is 5.98.